The summed E-state index contributed by atoms with van der Waals surface area (Å²) < 4.78 is 19.2. The van der Waals surface area contributed by atoms with Crippen molar-refractivity contribution in [1.82, 2.24) is 14.2 Å². The van der Waals surface area contributed by atoms with Crippen molar-refractivity contribution in [2.24, 2.45) is 5.92 Å². The third kappa shape index (κ3) is 4.53. The Balaban J connectivity index is 1.46. The van der Waals surface area contributed by atoms with E-state index in [4.69, 9.17) is 9.72 Å². The van der Waals surface area contributed by atoms with Gasteiger partial charge in [-0.1, -0.05) is 0 Å². The van der Waals surface area contributed by atoms with Crippen LogP contribution in [0.25, 0.3) is 0 Å². The molecule has 5 rings (SSSR count). The predicted molar refractivity (Wildman–Crippen MR) is 126 cm³/mol. The number of carbonyl (C=O) groups is 1. The second-order valence-corrected chi connectivity index (χ2v) is 11.1. The van der Waals surface area contributed by atoms with E-state index < -0.39 is 11.0 Å². The van der Waals surface area contributed by atoms with E-state index >= 15 is 0 Å². The van der Waals surface area contributed by atoms with Crippen LogP contribution in [0.5, 0.6) is 0 Å². The van der Waals surface area contributed by atoms with Gasteiger partial charge in [0.25, 0.3) is 0 Å². The second kappa shape index (κ2) is 9.32. The third-order valence-corrected chi connectivity index (χ3v) is 8.57. The van der Waals surface area contributed by atoms with E-state index in [1.165, 1.54) is 0 Å². The maximum atomic E-state index is 12.8. The second-order valence-electron chi connectivity index (χ2n) is 9.76. The fraction of sp³-hybridized carbons (Fsp3) is 0.708. The zero-order valence-electron chi connectivity index (χ0n) is 19.6. The van der Waals surface area contributed by atoms with Gasteiger partial charge in [0.1, 0.15) is 11.9 Å². The molecule has 0 radical (unpaired) electrons. The molecule has 0 spiro atoms. The van der Waals surface area contributed by atoms with Crippen molar-refractivity contribution in [2.45, 2.75) is 57.0 Å². The van der Waals surface area contributed by atoms with Gasteiger partial charge in [-0.3, -0.25) is 4.79 Å². The monoisotopic (exact) mass is 471 g/mol. The fourth-order valence-electron chi connectivity index (χ4n) is 5.41. The lowest BCUT2D eigenvalue weighted by atomic mass is 9.93. The average molecular weight is 472 g/mol. The summed E-state index contributed by atoms with van der Waals surface area (Å²) in [4.78, 5) is 22.3. The molecule has 0 bridgehead atoms. The Hall–Kier alpha value is -2.02. The highest BCUT2D eigenvalue weighted by Crippen LogP contribution is 2.45. The number of aromatic nitrogens is 1. The van der Waals surface area contributed by atoms with Crippen LogP contribution < -0.4 is 4.90 Å². The number of piperazine rings is 1. The molecule has 0 aromatic carbocycles. The van der Waals surface area contributed by atoms with Crippen LogP contribution in [0.1, 0.15) is 60.4 Å². The maximum Gasteiger partial charge on any atom is 0.225 e. The first-order valence-electron chi connectivity index (χ1n) is 12.1. The molecule has 8 nitrogen and oxygen atoms in total. The molecule has 2 atom stereocenters. The zero-order valence-corrected chi connectivity index (χ0v) is 20.4. The molecule has 9 heteroatoms. The molecule has 1 amide bonds. The van der Waals surface area contributed by atoms with E-state index in [0.717, 1.165) is 61.3 Å². The molecule has 1 saturated heterocycles. The van der Waals surface area contributed by atoms with Gasteiger partial charge in [0, 0.05) is 52.0 Å². The van der Waals surface area contributed by atoms with Crippen LogP contribution >= 0.6 is 0 Å². The average Bonchev–Trinajstić information content (AvgIpc) is 3.73. The lowest BCUT2D eigenvalue weighted by Crippen LogP contribution is -2.56. The summed E-state index contributed by atoms with van der Waals surface area (Å²) in [6.07, 6.45) is 7.45. The Bertz CT molecular complexity index is 1000. The van der Waals surface area contributed by atoms with Crippen LogP contribution in [0, 0.1) is 17.2 Å². The van der Waals surface area contributed by atoms with Crippen molar-refractivity contribution in [3.8, 4) is 6.07 Å². The van der Waals surface area contributed by atoms with Gasteiger partial charge in [0.05, 0.1) is 41.3 Å². The van der Waals surface area contributed by atoms with Crippen LogP contribution in [-0.2, 0) is 33.5 Å². The lowest BCUT2D eigenvalue weighted by molar-refractivity contribution is -0.135. The van der Waals surface area contributed by atoms with E-state index in [1.807, 2.05) is 9.21 Å². The number of pyridine rings is 1. The Kier molecular flexibility index (Phi) is 6.43. The van der Waals surface area contributed by atoms with Gasteiger partial charge in [-0.25, -0.2) is 13.5 Å². The van der Waals surface area contributed by atoms with Gasteiger partial charge in [0.15, 0.2) is 0 Å². The predicted octanol–water partition coefficient (Wildman–Crippen LogP) is 1.95. The maximum absolute atomic E-state index is 12.8. The molecule has 3 fully saturated rings. The number of carbonyl (C=O) groups excluding carboxylic acids is 1. The molecule has 1 aromatic rings. The number of ether oxygens (including phenoxy) is 1. The molecule has 4 aliphatic rings. The molecule has 178 valence electrons. The Labute approximate surface area is 198 Å². The molecule has 2 unspecified atom stereocenters. The van der Waals surface area contributed by atoms with Crippen LogP contribution in [-0.4, -0.2) is 76.5 Å². The van der Waals surface area contributed by atoms with Crippen molar-refractivity contribution in [3.05, 3.63) is 22.4 Å². The number of rotatable bonds is 7. The normalized spacial score (nSPS) is 24.3. The number of methoxy groups -OCH3 is 1. The van der Waals surface area contributed by atoms with E-state index in [-0.39, 0.29) is 11.9 Å². The fourth-order valence-corrected chi connectivity index (χ4v) is 6.07. The molecule has 0 N–H and O–H groups in total. The summed E-state index contributed by atoms with van der Waals surface area (Å²) in [7, 11) is 0.601. The van der Waals surface area contributed by atoms with E-state index in [9.17, 15) is 14.3 Å². The van der Waals surface area contributed by atoms with Gasteiger partial charge in [-0.15, -0.1) is 0 Å². The summed E-state index contributed by atoms with van der Waals surface area (Å²) >= 11 is 0. The number of nitrogens with zero attached hydrogens (tertiary/aromatic N) is 5. The first-order chi connectivity index (χ1) is 16.0. The highest BCUT2D eigenvalue weighted by Gasteiger charge is 2.42. The van der Waals surface area contributed by atoms with Gasteiger partial charge in [-0.2, -0.15) is 5.26 Å². The molecule has 1 aromatic heterocycles. The standard InChI is InChI=1S/C24H33N5O3S/c1-32-12-8-22(30)29-11-10-27(15-21(29)16-3-4-16)24-19(13-25)18-7-9-28(33(2)31)14-20(18)23(26-24)17-5-6-17/h16-17,21H,3-12,14-15H2,1-2H3. The van der Waals surface area contributed by atoms with E-state index in [1.54, 1.807) is 13.4 Å². The smallest absolute Gasteiger partial charge is 0.225 e. The summed E-state index contributed by atoms with van der Waals surface area (Å²) in [5.41, 5.74) is 4.03. The van der Waals surface area contributed by atoms with Gasteiger partial charge < -0.3 is 14.5 Å². The van der Waals surface area contributed by atoms with Crippen LogP contribution in [0.15, 0.2) is 0 Å². The summed E-state index contributed by atoms with van der Waals surface area (Å²) in [6.45, 7) is 3.85. The largest absolute Gasteiger partial charge is 0.384 e. The third-order valence-electron chi connectivity index (χ3n) is 7.54. The minimum Gasteiger partial charge on any atom is -0.384 e. The van der Waals surface area contributed by atoms with E-state index in [0.29, 0.717) is 56.6 Å². The number of anilines is 1. The summed E-state index contributed by atoms with van der Waals surface area (Å²) in [6, 6.07) is 2.65. The molecule has 2 aliphatic carbocycles. The molecule has 3 heterocycles. The molecular formula is C24H33N5O3S. The van der Waals surface area contributed by atoms with Crippen molar-refractivity contribution >= 4 is 22.7 Å². The SMILES string of the molecule is COCCC(=O)N1CCN(c2nc(C3CC3)c3c(c2C#N)CCN(S(C)=O)C3)CC1C1CC1. The minimum atomic E-state index is -1.03. The van der Waals surface area contributed by atoms with Crippen LogP contribution in [0.4, 0.5) is 5.82 Å². The number of hydrogen-bond acceptors (Lipinski definition) is 6. The van der Waals surface area contributed by atoms with Gasteiger partial charge in [0.2, 0.25) is 5.91 Å². The molecular weight excluding hydrogens is 438 g/mol. The highest BCUT2D eigenvalue weighted by atomic mass is 32.2. The Morgan fingerprint density at radius 2 is 2.00 bits per heavy atom. The first-order valence-corrected chi connectivity index (χ1v) is 13.6. The number of hydrogen-bond donors (Lipinski definition) is 0. The molecule has 2 aliphatic heterocycles. The van der Waals surface area contributed by atoms with Crippen molar-refractivity contribution in [1.29, 1.82) is 5.26 Å². The Morgan fingerprint density at radius 3 is 2.64 bits per heavy atom. The number of nitriles is 1. The first kappa shape index (κ1) is 22.8. The van der Waals surface area contributed by atoms with Gasteiger partial charge >= 0.3 is 0 Å². The zero-order chi connectivity index (χ0) is 23.1. The van der Waals surface area contributed by atoms with Crippen molar-refractivity contribution in [3.63, 3.8) is 0 Å². The van der Waals surface area contributed by atoms with Gasteiger partial charge in [-0.05, 0) is 49.1 Å². The minimum absolute atomic E-state index is 0.165. The quantitative estimate of drug-likeness (QED) is 0.604. The topological polar surface area (TPSA) is 89.8 Å². The number of amides is 1. The number of fused-ring (bicyclic) bond motifs is 1. The molecule has 2 saturated carbocycles. The van der Waals surface area contributed by atoms with Crippen LogP contribution in [0.2, 0.25) is 0 Å². The summed E-state index contributed by atoms with van der Waals surface area (Å²) in [5, 5.41) is 10.2. The van der Waals surface area contributed by atoms with Crippen molar-refractivity contribution < 1.29 is 13.7 Å². The highest BCUT2D eigenvalue weighted by molar-refractivity contribution is 7.81. The summed E-state index contributed by atoms with van der Waals surface area (Å²) in [5.74, 6) is 1.96. The Morgan fingerprint density at radius 1 is 1.21 bits per heavy atom. The lowest BCUT2D eigenvalue weighted by Gasteiger charge is -2.43. The molecule has 33 heavy (non-hydrogen) atoms. The van der Waals surface area contributed by atoms with E-state index in [2.05, 4.69) is 11.0 Å². The van der Waals surface area contributed by atoms with Crippen LogP contribution in [0.3, 0.4) is 0 Å². The van der Waals surface area contributed by atoms with Crippen molar-refractivity contribution in [2.75, 3.05) is 51.1 Å².